The lowest BCUT2D eigenvalue weighted by Gasteiger charge is -2.25. The Morgan fingerprint density at radius 2 is 1.67 bits per heavy atom. The van der Waals surface area contributed by atoms with Crippen molar-refractivity contribution >= 4 is 28.5 Å². The Morgan fingerprint density at radius 3 is 2.33 bits per heavy atom. The summed E-state index contributed by atoms with van der Waals surface area (Å²) >= 11 is 0. The van der Waals surface area contributed by atoms with E-state index in [9.17, 15) is 14.4 Å². The number of para-hydroxylation sites is 1. The molecule has 0 N–H and O–H groups in total. The van der Waals surface area contributed by atoms with Crippen LogP contribution in [0, 0.1) is 0 Å². The number of anilines is 1. The van der Waals surface area contributed by atoms with Gasteiger partial charge in [-0.3, -0.25) is 14.5 Å². The third-order valence-electron chi connectivity index (χ3n) is 6.05. The highest BCUT2D eigenvalue weighted by molar-refractivity contribution is 6.10. The molecule has 6 nitrogen and oxygen atoms in total. The molecule has 0 saturated heterocycles. The molecular formula is C27H21NO5. The molecular weight excluding hydrogens is 418 g/mol. The van der Waals surface area contributed by atoms with Crippen molar-refractivity contribution < 1.29 is 18.7 Å². The lowest BCUT2D eigenvalue weighted by Crippen LogP contribution is -2.29. The third kappa shape index (κ3) is 3.31. The van der Waals surface area contributed by atoms with Gasteiger partial charge >= 0.3 is 5.97 Å². The van der Waals surface area contributed by atoms with Crippen molar-refractivity contribution in [3.8, 4) is 0 Å². The second-order valence-corrected chi connectivity index (χ2v) is 7.88. The van der Waals surface area contributed by atoms with Crippen LogP contribution < -0.4 is 10.3 Å². The van der Waals surface area contributed by atoms with Gasteiger partial charge in [-0.2, -0.15) is 0 Å². The minimum atomic E-state index is -0.687. The maximum Gasteiger partial charge on any atom is 0.337 e. The summed E-state index contributed by atoms with van der Waals surface area (Å²) in [5.74, 6) is -0.790. The number of methoxy groups -OCH3 is 1. The summed E-state index contributed by atoms with van der Waals surface area (Å²) in [7, 11) is 1.32. The molecule has 0 radical (unpaired) electrons. The van der Waals surface area contributed by atoms with Crippen molar-refractivity contribution in [1.82, 2.24) is 0 Å². The molecule has 1 aliphatic rings. The predicted octanol–water partition coefficient (Wildman–Crippen LogP) is 4.89. The standard InChI is InChI=1S/C27H21NO5/c1-3-16-8-14-19(15-9-16)28-23(17-10-12-18(13-11-17)27(31)32-2)22-24(29)20-6-4-5-7-21(20)33-25(22)26(28)30/h4-15,23H,3H2,1-2H3. The van der Waals surface area contributed by atoms with Crippen LogP contribution in [0.2, 0.25) is 0 Å². The van der Waals surface area contributed by atoms with Gasteiger partial charge in [-0.05, 0) is 53.9 Å². The van der Waals surface area contributed by atoms with Crippen LogP contribution in [0.15, 0.2) is 82.0 Å². The number of esters is 1. The van der Waals surface area contributed by atoms with Gasteiger partial charge < -0.3 is 9.15 Å². The summed E-state index contributed by atoms with van der Waals surface area (Å²) < 4.78 is 10.7. The fraction of sp³-hybridized carbons (Fsp3) is 0.148. The number of amides is 1. The fourth-order valence-electron chi connectivity index (χ4n) is 4.31. The second kappa shape index (κ2) is 8.06. The van der Waals surface area contributed by atoms with Gasteiger partial charge in [0.25, 0.3) is 5.91 Å². The topological polar surface area (TPSA) is 76.8 Å². The van der Waals surface area contributed by atoms with E-state index in [1.54, 1.807) is 53.4 Å². The first-order chi connectivity index (χ1) is 16.0. The number of fused-ring (bicyclic) bond motifs is 2. The Bertz CT molecular complexity index is 1430. The Kier molecular flexibility index (Phi) is 5.05. The Balaban J connectivity index is 1.73. The predicted molar refractivity (Wildman–Crippen MR) is 125 cm³/mol. The summed E-state index contributed by atoms with van der Waals surface area (Å²) in [5.41, 5.74) is 3.31. The molecule has 1 aliphatic heterocycles. The van der Waals surface area contributed by atoms with E-state index in [2.05, 4.69) is 6.92 Å². The SMILES string of the molecule is CCc1ccc(N2C(=O)c3oc4ccccc4c(=O)c3C2c2ccc(C(=O)OC)cc2)cc1. The molecule has 164 valence electrons. The maximum absolute atomic E-state index is 13.6. The second-order valence-electron chi connectivity index (χ2n) is 7.88. The molecule has 2 heterocycles. The highest BCUT2D eigenvalue weighted by atomic mass is 16.5. The monoisotopic (exact) mass is 439 g/mol. The van der Waals surface area contributed by atoms with Gasteiger partial charge in [-0.15, -0.1) is 0 Å². The fourth-order valence-corrected chi connectivity index (χ4v) is 4.31. The number of hydrogen-bond acceptors (Lipinski definition) is 5. The summed E-state index contributed by atoms with van der Waals surface area (Å²) in [4.78, 5) is 40.6. The molecule has 6 heteroatoms. The van der Waals surface area contributed by atoms with Crippen molar-refractivity contribution in [2.24, 2.45) is 0 Å². The van der Waals surface area contributed by atoms with Gasteiger partial charge in [-0.1, -0.05) is 43.3 Å². The molecule has 0 aliphatic carbocycles. The molecule has 1 aromatic heterocycles. The van der Waals surface area contributed by atoms with Crippen molar-refractivity contribution in [3.63, 3.8) is 0 Å². The van der Waals surface area contributed by atoms with Crippen LogP contribution >= 0.6 is 0 Å². The summed E-state index contributed by atoms with van der Waals surface area (Å²) in [6, 6.07) is 20.6. The van der Waals surface area contributed by atoms with E-state index in [0.717, 1.165) is 12.0 Å². The molecule has 4 aromatic rings. The molecule has 0 bridgehead atoms. The number of carbonyl (C=O) groups is 2. The number of rotatable bonds is 4. The molecule has 0 saturated carbocycles. The van der Waals surface area contributed by atoms with Gasteiger partial charge in [0.1, 0.15) is 5.58 Å². The Hall–Kier alpha value is -4.19. The van der Waals surface area contributed by atoms with Crippen LogP contribution in [0.25, 0.3) is 11.0 Å². The lowest BCUT2D eigenvalue weighted by molar-refractivity contribution is 0.0600. The van der Waals surface area contributed by atoms with Crippen LogP contribution in [0.1, 0.15) is 50.6 Å². The first kappa shape index (κ1) is 20.7. The van der Waals surface area contributed by atoms with Gasteiger partial charge in [0.2, 0.25) is 5.76 Å². The average Bonchev–Trinajstić information content (AvgIpc) is 3.16. The summed E-state index contributed by atoms with van der Waals surface area (Å²) in [5, 5.41) is 0.420. The molecule has 1 atom stereocenters. The number of aryl methyl sites for hydroxylation is 1. The molecule has 1 unspecified atom stereocenters. The molecule has 33 heavy (non-hydrogen) atoms. The van der Waals surface area contributed by atoms with E-state index in [1.165, 1.54) is 7.11 Å². The minimum absolute atomic E-state index is 0.0420. The van der Waals surface area contributed by atoms with Crippen LogP contribution in [0.3, 0.4) is 0 Å². The first-order valence-corrected chi connectivity index (χ1v) is 10.7. The van der Waals surface area contributed by atoms with E-state index < -0.39 is 12.0 Å². The number of carbonyl (C=O) groups excluding carboxylic acids is 2. The molecule has 5 rings (SSSR count). The smallest absolute Gasteiger partial charge is 0.337 e. The molecule has 0 spiro atoms. The van der Waals surface area contributed by atoms with E-state index in [4.69, 9.17) is 9.15 Å². The van der Waals surface area contributed by atoms with E-state index in [0.29, 0.717) is 33.3 Å². The summed E-state index contributed by atoms with van der Waals surface area (Å²) in [6.45, 7) is 2.06. The van der Waals surface area contributed by atoms with Crippen LogP contribution in [-0.4, -0.2) is 19.0 Å². The number of ether oxygens (including phenoxy) is 1. The van der Waals surface area contributed by atoms with Gasteiger partial charge in [0.15, 0.2) is 5.43 Å². The van der Waals surface area contributed by atoms with Gasteiger partial charge in [0.05, 0.1) is 29.7 Å². The Morgan fingerprint density at radius 1 is 0.970 bits per heavy atom. The maximum atomic E-state index is 13.6. The third-order valence-corrected chi connectivity index (χ3v) is 6.05. The number of nitrogens with zero attached hydrogens (tertiary/aromatic N) is 1. The van der Waals surface area contributed by atoms with Crippen molar-refractivity contribution in [2.75, 3.05) is 12.0 Å². The van der Waals surface area contributed by atoms with Gasteiger partial charge in [-0.25, -0.2) is 4.79 Å². The molecule has 3 aromatic carbocycles. The zero-order valence-corrected chi connectivity index (χ0v) is 18.2. The highest BCUT2D eigenvalue weighted by Crippen LogP contribution is 2.41. The lowest BCUT2D eigenvalue weighted by atomic mass is 9.97. The average molecular weight is 439 g/mol. The van der Waals surface area contributed by atoms with Crippen molar-refractivity contribution in [1.29, 1.82) is 0 Å². The van der Waals surface area contributed by atoms with E-state index >= 15 is 0 Å². The summed E-state index contributed by atoms with van der Waals surface area (Å²) in [6.07, 6.45) is 0.873. The number of benzene rings is 3. The normalized spacial score (nSPS) is 15.0. The highest BCUT2D eigenvalue weighted by Gasteiger charge is 2.43. The van der Waals surface area contributed by atoms with Crippen LogP contribution in [0.5, 0.6) is 0 Å². The molecule has 0 fully saturated rings. The van der Waals surface area contributed by atoms with Crippen molar-refractivity contribution in [3.05, 3.63) is 111 Å². The minimum Gasteiger partial charge on any atom is -0.465 e. The van der Waals surface area contributed by atoms with Crippen LogP contribution in [-0.2, 0) is 11.2 Å². The van der Waals surface area contributed by atoms with Crippen LogP contribution in [0.4, 0.5) is 5.69 Å². The molecule has 1 amide bonds. The van der Waals surface area contributed by atoms with Gasteiger partial charge in [0, 0.05) is 5.69 Å². The van der Waals surface area contributed by atoms with E-state index in [1.807, 2.05) is 24.3 Å². The van der Waals surface area contributed by atoms with E-state index in [-0.39, 0.29) is 17.1 Å². The zero-order valence-electron chi connectivity index (χ0n) is 18.2. The quantitative estimate of drug-likeness (QED) is 0.423. The number of hydrogen-bond donors (Lipinski definition) is 0. The Labute approximate surface area is 190 Å². The largest absolute Gasteiger partial charge is 0.465 e. The van der Waals surface area contributed by atoms with Crippen molar-refractivity contribution in [2.45, 2.75) is 19.4 Å². The zero-order chi connectivity index (χ0) is 23.1. The first-order valence-electron chi connectivity index (χ1n) is 10.7.